The molecule has 2 heterocycles. The summed E-state index contributed by atoms with van der Waals surface area (Å²) in [4.78, 5) is 35.1. The average molecular weight is 445 g/mol. The third-order valence-corrected chi connectivity index (χ3v) is 5.21. The Kier molecular flexibility index (Phi) is 5.65. The molecule has 30 heavy (non-hydrogen) atoms. The first-order chi connectivity index (χ1) is 14.4. The molecule has 0 fully saturated rings. The van der Waals surface area contributed by atoms with E-state index in [9.17, 15) is 14.0 Å². The molecule has 2 aromatic rings. The molecule has 152 valence electrons. The molecule has 0 atom stereocenters. The lowest BCUT2D eigenvalue weighted by Gasteiger charge is -2.28. The number of hydrogen-bond acceptors (Lipinski definition) is 4. The van der Waals surface area contributed by atoms with Gasteiger partial charge < -0.3 is 4.90 Å². The van der Waals surface area contributed by atoms with Gasteiger partial charge >= 0.3 is 0 Å². The SMILES string of the molecule is O=C(NC1=NCC2=CN(C(=O)c3c(F)cccc3Cl)CCC2=N1)c1cccc(Cl)c1. The largest absolute Gasteiger partial charge is 0.314 e. The number of halogens is 3. The van der Waals surface area contributed by atoms with Crippen molar-refractivity contribution in [2.45, 2.75) is 6.42 Å². The van der Waals surface area contributed by atoms with Crippen LogP contribution in [0.25, 0.3) is 0 Å². The van der Waals surface area contributed by atoms with Crippen LogP contribution in [0.15, 0.2) is 64.2 Å². The highest BCUT2D eigenvalue weighted by Crippen LogP contribution is 2.24. The molecule has 6 nitrogen and oxygen atoms in total. The molecule has 0 unspecified atom stereocenters. The van der Waals surface area contributed by atoms with Crippen LogP contribution in [0.5, 0.6) is 0 Å². The van der Waals surface area contributed by atoms with E-state index in [0.717, 1.165) is 11.3 Å². The second kappa shape index (κ2) is 8.38. The maximum atomic E-state index is 14.1. The van der Waals surface area contributed by atoms with Gasteiger partial charge in [-0.3, -0.25) is 14.9 Å². The fraction of sp³-hybridized carbons (Fsp3) is 0.143. The Morgan fingerprint density at radius 1 is 1.13 bits per heavy atom. The topological polar surface area (TPSA) is 74.1 Å². The van der Waals surface area contributed by atoms with Gasteiger partial charge in [-0.05, 0) is 30.3 Å². The van der Waals surface area contributed by atoms with Gasteiger partial charge in [-0.15, -0.1) is 0 Å². The third-order valence-electron chi connectivity index (χ3n) is 4.66. The summed E-state index contributed by atoms with van der Waals surface area (Å²) in [5.74, 6) is -1.36. The summed E-state index contributed by atoms with van der Waals surface area (Å²) in [5.41, 5.74) is 1.68. The van der Waals surface area contributed by atoms with E-state index in [2.05, 4.69) is 15.3 Å². The highest BCUT2D eigenvalue weighted by atomic mass is 35.5. The molecule has 4 rings (SSSR count). The smallest absolute Gasteiger partial charge is 0.262 e. The van der Waals surface area contributed by atoms with Gasteiger partial charge in [0.1, 0.15) is 5.82 Å². The highest BCUT2D eigenvalue weighted by molar-refractivity contribution is 6.34. The zero-order valence-corrected chi connectivity index (χ0v) is 17.0. The molecular formula is C21H15Cl2FN4O2. The fourth-order valence-electron chi connectivity index (χ4n) is 3.17. The average Bonchev–Trinajstić information content (AvgIpc) is 2.73. The number of aliphatic imine (C=N–C) groups is 2. The Hall–Kier alpha value is -3.03. The molecule has 2 aliphatic rings. The van der Waals surface area contributed by atoms with Gasteiger partial charge in [-0.25, -0.2) is 14.4 Å². The molecular weight excluding hydrogens is 430 g/mol. The van der Waals surface area contributed by atoms with E-state index in [-0.39, 0.29) is 29.0 Å². The predicted octanol–water partition coefficient (Wildman–Crippen LogP) is 4.10. The van der Waals surface area contributed by atoms with E-state index >= 15 is 0 Å². The van der Waals surface area contributed by atoms with Crippen LogP contribution >= 0.6 is 23.2 Å². The van der Waals surface area contributed by atoms with Crippen molar-refractivity contribution >= 4 is 46.7 Å². The minimum absolute atomic E-state index is 0.0607. The summed E-state index contributed by atoms with van der Waals surface area (Å²) in [5, 5.41) is 3.18. The van der Waals surface area contributed by atoms with Crippen molar-refractivity contribution in [1.82, 2.24) is 10.2 Å². The lowest BCUT2D eigenvalue weighted by Crippen LogP contribution is -2.38. The molecule has 1 N–H and O–H groups in total. The maximum absolute atomic E-state index is 14.1. The van der Waals surface area contributed by atoms with Crippen molar-refractivity contribution in [3.05, 3.63) is 81.2 Å². The van der Waals surface area contributed by atoms with Crippen LogP contribution in [0.2, 0.25) is 10.0 Å². The zero-order valence-electron chi connectivity index (χ0n) is 15.5. The number of carbonyl (C=O) groups is 2. The van der Waals surface area contributed by atoms with Crippen LogP contribution in [0.4, 0.5) is 4.39 Å². The van der Waals surface area contributed by atoms with Crippen LogP contribution in [0, 0.1) is 5.82 Å². The second-order valence-electron chi connectivity index (χ2n) is 6.66. The van der Waals surface area contributed by atoms with E-state index in [1.165, 1.54) is 23.1 Å². The fourth-order valence-corrected chi connectivity index (χ4v) is 3.61. The number of carbonyl (C=O) groups excluding carboxylic acids is 2. The van der Waals surface area contributed by atoms with Crippen molar-refractivity contribution in [2.24, 2.45) is 9.98 Å². The third kappa shape index (κ3) is 4.13. The quantitative estimate of drug-likeness (QED) is 0.756. The monoisotopic (exact) mass is 444 g/mol. The van der Waals surface area contributed by atoms with Gasteiger partial charge in [0.05, 0.1) is 22.8 Å². The van der Waals surface area contributed by atoms with Crippen LogP contribution < -0.4 is 5.32 Å². The van der Waals surface area contributed by atoms with E-state index in [4.69, 9.17) is 23.2 Å². The number of nitrogens with one attached hydrogen (secondary N) is 1. The first-order valence-corrected chi connectivity index (χ1v) is 9.83. The number of amides is 2. The highest BCUT2D eigenvalue weighted by Gasteiger charge is 2.27. The lowest BCUT2D eigenvalue weighted by molar-refractivity contribution is 0.0817. The van der Waals surface area contributed by atoms with Crippen LogP contribution in [0.1, 0.15) is 27.1 Å². The standard InChI is InChI=1S/C21H15Cl2FN4O2/c22-14-4-1-3-12(9-14)19(29)27-21-25-10-13-11-28(8-7-17(13)26-21)20(30)18-15(23)5-2-6-16(18)24/h1-6,9,11H,7-8,10H2,(H,25,27,29). The molecule has 2 aliphatic heterocycles. The van der Waals surface area contributed by atoms with Crippen molar-refractivity contribution in [2.75, 3.05) is 13.1 Å². The predicted molar refractivity (Wildman–Crippen MR) is 114 cm³/mol. The number of rotatable bonds is 2. The summed E-state index contributed by atoms with van der Waals surface area (Å²) < 4.78 is 14.1. The van der Waals surface area contributed by atoms with Crippen molar-refractivity contribution in [3.63, 3.8) is 0 Å². The van der Waals surface area contributed by atoms with Gasteiger partial charge in [-0.1, -0.05) is 35.3 Å². The zero-order chi connectivity index (χ0) is 21.3. The van der Waals surface area contributed by atoms with Gasteiger partial charge in [0.2, 0.25) is 5.96 Å². The van der Waals surface area contributed by atoms with Crippen LogP contribution in [-0.2, 0) is 0 Å². The van der Waals surface area contributed by atoms with Gasteiger partial charge in [0.25, 0.3) is 11.8 Å². The number of nitrogens with zero attached hydrogens (tertiary/aromatic N) is 3. The Morgan fingerprint density at radius 2 is 1.93 bits per heavy atom. The summed E-state index contributed by atoms with van der Waals surface area (Å²) in [7, 11) is 0. The number of guanidine groups is 1. The molecule has 2 aromatic carbocycles. The normalized spacial score (nSPS) is 15.6. The Balaban J connectivity index is 1.49. The summed E-state index contributed by atoms with van der Waals surface area (Å²) in [6.45, 7) is 0.542. The van der Waals surface area contributed by atoms with E-state index in [0.29, 0.717) is 23.6 Å². The van der Waals surface area contributed by atoms with Gasteiger partial charge in [0.15, 0.2) is 0 Å². The van der Waals surface area contributed by atoms with Gasteiger partial charge in [0, 0.05) is 35.3 Å². The maximum Gasteiger partial charge on any atom is 0.262 e. The molecule has 0 aromatic heterocycles. The second-order valence-corrected chi connectivity index (χ2v) is 7.51. The summed E-state index contributed by atoms with van der Waals surface area (Å²) in [6.07, 6.45) is 2.04. The Morgan fingerprint density at radius 3 is 2.70 bits per heavy atom. The van der Waals surface area contributed by atoms with Crippen LogP contribution in [0.3, 0.4) is 0 Å². The molecule has 0 radical (unpaired) electrons. The first kappa shape index (κ1) is 20.3. The van der Waals surface area contributed by atoms with Crippen molar-refractivity contribution < 1.29 is 14.0 Å². The molecule has 0 saturated carbocycles. The van der Waals surface area contributed by atoms with Crippen molar-refractivity contribution in [3.8, 4) is 0 Å². The Labute approximate surface area is 181 Å². The molecule has 0 spiro atoms. The Bertz CT molecular complexity index is 1120. The summed E-state index contributed by atoms with van der Waals surface area (Å²) >= 11 is 11.9. The first-order valence-electron chi connectivity index (χ1n) is 9.07. The van der Waals surface area contributed by atoms with Gasteiger partial charge in [-0.2, -0.15) is 0 Å². The lowest BCUT2D eigenvalue weighted by atomic mass is 10.0. The minimum Gasteiger partial charge on any atom is -0.314 e. The van der Waals surface area contributed by atoms with Crippen LogP contribution in [-0.4, -0.2) is 41.5 Å². The number of benzene rings is 2. The molecule has 2 amide bonds. The van der Waals surface area contributed by atoms with E-state index < -0.39 is 11.7 Å². The summed E-state index contributed by atoms with van der Waals surface area (Å²) in [6, 6.07) is 10.7. The molecule has 9 heteroatoms. The van der Waals surface area contributed by atoms with Crippen molar-refractivity contribution in [1.29, 1.82) is 0 Å². The van der Waals surface area contributed by atoms with E-state index in [1.54, 1.807) is 30.5 Å². The molecule has 0 aliphatic carbocycles. The van der Waals surface area contributed by atoms with E-state index in [1.807, 2.05) is 0 Å². The number of hydrogen-bond donors (Lipinski definition) is 1. The minimum atomic E-state index is -0.668. The number of fused-ring (bicyclic) bond motifs is 1. The molecule has 0 saturated heterocycles. The molecule has 0 bridgehead atoms.